The second-order valence-electron chi connectivity index (χ2n) is 4.98. The molecule has 124 valence electrons. The normalized spacial score (nSPS) is 11.0. The number of aromatic amines is 1. The molecular formula is C16H17Cl2NO4. The molecule has 2 aromatic rings. The van der Waals surface area contributed by atoms with Crippen molar-refractivity contribution in [2.75, 3.05) is 0 Å². The molecule has 0 aliphatic heterocycles. The molecule has 0 aliphatic rings. The Labute approximate surface area is 143 Å². The highest BCUT2D eigenvalue weighted by molar-refractivity contribution is 6.41. The number of ketones is 1. The summed E-state index contributed by atoms with van der Waals surface area (Å²) >= 11 is 12.5. The highest BCUT2D eigenvalue weighted by Crippen LogP contribution is 2.40. The number of benzene rings is 1. The molecule has 0 fully saturated rings. The molecule has 0 radical (unpaired) electrons. The lowest BCUT2D eigenvalue weighted by atomic mass is 9.93. The minimum Gasteiger partial charge on any atom is -0.392 e. The molecule has 0 amide bonds. The van der Waals surface area contributed by atoms with Crippen molar-refractivity contribution in [2.45, 2.75) is 33.2 Å². The summed E-state index contributed by atoms with van der Waals surface area (Å²) in [5, 5.41) is 29.0. The monoisotopic (exact) mass is 357 g/mol. The Bertz CT molecular complexity index is 740. The number of aliphatic hydroxyl groups is 3. The summed E-state index contributed by atoms with van der Waals surface area (Å²) in [5.74, 6) is -0.178. The number of Topliss-reactive ketones (excluding diaryl/α,β-unsaturated/α-hetero) is 1. The van der Waals surface area contributed by atoms with E-state index in [1.165, 1.54) is 0 Å². The van der Waals surface area contributed by atoms with E-state index in [9.17, 15) is 20.1 Å². The van der Waals surface area contributed by atoms with Crippen LogP contribution in [0, 0.1) is 0 Å². The molecule has 0 unspecified atom stereocenters. The molecule has 0 atom stereocenters. The van der Waals surface area contributed by atoms with E-state index in [4.69, 9.17) is 23.2 Å². The number of halogens is 2. The molecule has 5 nitrogen and oxygen atoms in total. The summed E-state index contributed by atoms with van der Waals surface area (Å²) in [4.78, 5) is 14.7. The summed E-state index contributed by atoms with van der Waals surface area (Å²) in [6.45, 7) is 0.734. The van der Waals surface area contributed by atoms with E-state index in [0.717, 1.165) is 0 Å². The summed E-state index contributed by atoms with van der Waals surface area (Å²) in [5.41, 5.74) is 2.47. The number of carbonyl (C=O) groups excluding carboxylic acids is 1. The van der Waals surface area contributed by atoms with Crippen molar-refractivity contribution in [3.8, 4) is 11.1 Å². The maximum Gasteiger partial charge on any atom is 0.180 e. The first-order valence-corrected chi connectivity index (χ1v) is 7.82. The first-order valence-electron chi connectivity index (χ1n) is 7.06. The lowest BCUT2D eigenvalue weighted by molar-refractivity contribution is 0.0984. The second-order valence-corrected chi connectivity index (χ2v) is 5.74. The van der Waals surface area contributed by atoms with Gasteiger partial charge in [-0.15, -0.1) is 0 Å². The third kappa shape index (κ3) is 3.16. The minimum absolute atomic E-state index is 0.178. The number of H-pyrrole nitrogens is 1. The molecule has 0 saturated carbocycles. The largest absolute Gasteiger partial charge is 0.392 e. The molecule has 7 heteroatoms. The van der Waals surface area contributed by atoms with Crippen molar-refractivity contribution >= 4 is 29.0 Å². The third-order valence-corrected chi connectivity index (χ3v) is 4.44. The predicted octanol–water partition coefficient (Wildman–Crippen LogP) is 3.06. The minimum atomic E-state index is -0.367. The highest BCUT2D eigenvalue weighted by Gasteiger charge is 2.23. The standard InChI is InChI=1S/C16H17Cl2NO4/c1-2-12(23)15-14(17)13(16(18)19-15)9-4-3-8(5-20)10(6-21)11(9)7-22/h3-4,19-22H,2,5-7H2,1H3. The maximum atomic E-state index is 11.9. The highest BCUT2D eigenvalue weighted by atomic mass is 35.5. The van der Waals surface area contributed by atoms with Gasteiger partial charge in [-0.05, 0) is 22.3 Å². The van der Waals surface area contributed by atoms with Crippen LogP contribution in [-0.4, -0.2) is 26.1 Å². The van der Waals surface area contributed by atoms with Crippen LogP contribution in [0.25, 0.3) is 11.1 Å². The van der Waals surface area contributed by atoms with E-state index in [-0.39, 0.29) is 47.9 Å². The zero-order chi connectivity index (χ0) is 17.1. The number of hydrogen-bond acceptors (Lipinski definition) is 4. The number of rotatable bonds is 6. The molecule has 0 saturated heterocycles. The molecule has 1 aromatic heterocycles. The van der Waals surface area contributed by atoms with E-state index in [2.05, 4.69) is 4.98 Å². The Morgan fingerprint density at radius 2 is 1.74 bits per heavy atom. The van der Waals surface area contributed by atoms with Crippen LogP contribution in [0.2, 0.25) is 10.2 Å². The van der Waals surface area contributed by atoms with E-state index in [1.807, 2.05) is 0 Å². The average Bonchev–Trinajstić information content (AvgIpc) is 2.86. The fourth-order valence-corrected chi connectivity index (χ4v) is 3.24. The van der Waals surface area contributed by atoms with Crippen LogP contribution in [0.4, 0.5) is 0 Å². The Kier molecular flexibility index (Phi) is 5.84. The third-order valence-electron chi connectivity index (χ3n) is 3.78. The molecule has 0 aliphatic carbocycles. The van der Waals surface area contributed by atoms with Crippen LogP contribution in [0.1, 0.15) is 40.5 Å². The van der Waals surface area contributed by atoms with Gasteiger partial charge < -0.3 is 20.3 Å². The second kappa shape index (κ2) is 7.47. The Hall–Kier alpha value is -1.37. The molecular weight excluding hydrogens is 341 g/mol. The van der Waals surface area contributed by atoms with E-state index < -0.39 is 0 Å². The van der Waals surface area contributed by atoms with Gasteiger partial charge in [0.05, 0.1) is 24.8 Å². The smallest absolute Gasteiger partial charge is 0.180 e. The van der Waals surface area contributed by atoms with E-state index in [1.54, 1.807) is 19.1 Å². The number of aliphatic hydroxyl groups excluding tert-OH is 3. The van der Waals surface area contributed by atoms with Crippen LogP contribution in [0.5, 0.6) is 0 Å². The van der Waals surface area contributed by atoms with Crippen molar-refractivity contribution in [2.24, 2.45) is 0 Å². The molecule has 23 heavy (non-hydrogen) atoms. The molecule has 1 aromatic carbocycles. The predicted molar refractivity (Wildman–Crippen MR) is 88.6 cm³/mol. The Morgan fingerprint density at radius 1 is 1.09 bits per heavy atom. The van der Waals surface area contributed by atoms with Crippen LogP contribution in [0.15, 0.2) is 12.1 Å². The van der Waals surface area contributed by atoms with Crippen molar-refractivity contribution in [3.63, 3.8) is 0 Å². The van der Waals surface area contributed by atoms with Gasteiger partial charge in [-0.3, -0.25) is 4.79 Å². The fraction of sp³-hybridized carbons (Fsp3) is 0.312. The Balaban J connectivity index is 2.73. The van der Waals surface area contributed by atoms with E-state index >= 15 is 0 Å². The van der Waals surface area contributed by atoms with Crippen molar-refractivity contribution in [1.82, 2.24) is 4.98 Å². The molecule has 2 rings (SSSR count). The zero-order valence-corrected chi connectivity index (χ0v) is 14.0. The summed E-state index contributed by atoms with van der Waals surface area (Å²) < 4.78 is 0. The topological polar surface area (TPSA) is 93.6 Å². The number of carbonyl (C=O) groups is 1. The van der Waals surface area contributed by atoms with Gasteiger partial charge in [0, 0.05) is 12.0 Å². The van der Waals surface area contributed by atoms with Crippen LogP contribution < -0.4 is 0 Å². The Morgan fingerprint density at radius 3 is 2.26 bits per heavy atom. The van der Waals surface area contributed by atoms with Crippen molar-refractivity contribution in [3.05, 3.63) is 44.7 Å². The van der Waals surface area contributed by atoms with Crippen molar-refractivity contribution < 1.29 is 20.1 Å². The van der Waals surface area contributed by atoms with Gasteiger partial charge in [0.1, 0.15) is 10.8 Å². The molecule has 1 heterocycles. The average molecular weight is 358 g/mol. The summed E-state index contributed by atoms with van der Waals surface area (Å²) in [7, 11) is 0. The lowest BCUT2D eigenvalue weighted by Gasteiger charge is -2.15. The van der Waals surface area contributed by atoms with Crippen LogP contribution >= 0.6 is 23.2 Å². The fourth-order valence-electron chi connectivity index (χ4n) is 2.56. The molecule has 0 spiro atoms. The van der Waals surface area contributed by atoms with Gasteiger partial charge in [-0.2, -0.15) is 0 Å². The number of nitrogens with one attached hydrogen (secondary N) is 1. The van der Waals surface area contributed by atoms with Gasteiger partial charge in [-0.1, -0.05) is 42.3 Å². The number of hydrogen-bond donors (Lipinski definition) is 4. The van der Waals surface area contributed by atoms with Crippen LogP contribution in [0.3, 0.4) is 0 Å². The zero-order valence-electron chi connectivity index (χ0n) is 12.5. The SMILES string of the molecule is CCC(=O)c1[nH]c(Cl)c(-c2ccc(CO)c(CO)c2CO)c1Cl. The van der Waals surface area contributed by atoms with Gasteiger partial charge in [0.2, 0.25) is 0 Å². The quantitative estimate of drug-likeness (QED) is 0.597. The summed E-state index contributed by atoms with van der Waals surface area (Å²) in [6.07, 6.45) is 0.272. The van der Waals surface area contributed by atoms with Crippen molar-refractivity contribution in [1.29, 1.82) is 0 Å². The van der Waals surface area contributed by atoms with Gasteiger partial charge in [0.15, 0.2) is 5.78 Å². The number of aromatic nitrogens is 1. The van der Waals surface area contributed by atoms with Crippen LogP contribution in [-0.2, 0) is 19.8 Å². The molecule has 0 bridgehead atoms. The first-order chi connectivity index (χ1) is 11.0. The van der Waals surface area contributed by atoms with Gasteiger partial charge >= 0.3 is 0 Å². The van der Waals surface area contributed by atoms with E-state index in [0.29, 0.717) is 27.8 Å². The molecule has 4 N–H and O–H groups in total. The lowest BCUT2D eigenvalue weighted by Crippen LogP contribution is -2.03. The first kappa shape index (κ1) is 18.0. The van der Waals surface area contributed by atoms with Gasteiger partial charge in [-0.25, -0.2) is 0 Å². The summed E-state index contributed by atoms with van der Waals surface area (Å²) in [6, 6.07) is 3.28. The van der Waals surface area contributed by atoms with Gasteiger partial charge in [0.25, 0.3) is 0 Å². The maximum absolute atomic E-state index is 11.9.